The quantitative estimate of drug-likeness (QED) is 0.732. The van der Waals surface area contributed by atoms with Gasteiger partial charge in [-0.25, -0.2) is 0 Å². The zero-order valence-electron chi connectivity index (χ0n) is 15.8. The van der Waals surface area contributed by atoms with Crippen LogP contribution in [0.2, 0.25) is 0 Å². The standard InChI is InChI=1S/C22H23N3O2/c1-12-8-14-11-22(2,3)6-4-13(14)9-15(12)17-10-18(26)19-16(25-17)5-7-24-20(19)21(23)27/h5,7-10H,4,6,11H2,1-3H3,(H2,23,27)(H,25,26). The van der Waals surface area contributed by atoms with Gasteiger partial charge in [-0.2, -0.15) is 0 Å². The monoisotopic (exact) mass is 361 g/mol. The fourth-order valence-electron chi connectivity index (χ4n) is 4.11. The molecule has 5 heteroatoms. The van der Waals surface area contributed by atoms with Crippen molar-refractivity contribution in [3.05, 3.63) is 63.1 Å². The zero-order valence-corrected chi connectivity index (χ0v) is 15.8. The maximum absolute atomic E-state index is 12.7. The van der Waals surface area contributed by atoms with Crippen molar-refractivity contribution in [2.45, 2.75) is 40.0 Å². The molecule has 27 heavy (non-hydrogen) atoms. The summed E-state index contributed by atoms with van der Waals surface area (Å²) in [5.41, 5.74) is 11.7. The first kappa shape index (κ1) is 17.5. The number of fused-ring (bicyclic) bond motifs is 2. The summed E-state index contributed by atoms with van der Waals surface area (Å²) in [6, 6.07) is 7.68. The van der Waals surface area contributed by atoms with Crippen LogP contribution in [0.15, 0.2) is 35.3 Å². The fourth-order valence-corrected chi connectivity index (χ4v) is 4.11. The molecule has 1 aliphatic rings. The van der Waals surface area contributed by atoms with Gasteiger partial charge in [-0.15, -0.1) is 0 Å². The van der Waals surface area contributed by atoms with E-state index in [0.29, 0.717) is 10.9 Å². The van der Waals surface area contributed by atoms with Gasteiger partial charge in [0, 0.05) is 23.5 Å². The van der Waals surface area contributed by atoms with Crippen molar-refractivity contribution in [2.75, 3.05) is 0 Å². The molecule has 0 radical (unpaired) electrons. The molecular weight excluding hydrogens is 338 g/mol. The number of aryl methyl sites for hydroxylation is 2. The van der Waals surface area contributed by atoms with Gasteiger partial charge in [0.1, 0.15) is 5.69 Å². The molecule has 0 spiro atoms. The second-order valence-corrected chi connectivity index (χ2v) is 8.27. The van der Waals surface area contributed by atoms with Crippen molar-refractivity contribution in [3.63, 3.8) is 0 Å². The lowest BCUT2D eigenvalue weighted by Crippen LogP contribution is -2.22. The highest BCUT2D eigenvalue weighted by Gasteiger charge is 2.26. The number of carbonyl (C=O) groups excluding carboxylic acids is 1. The number of nitrogens with zero attached hydrogens (tertiary/aromatic N) is 1. The van der Waals surface area contributed by atoms with Crippen LogP contribution in [-0.2, 0) is 12.8 Å². The highest BCUT2D eigenvalue weighted by molar-refractivity contribution is 6.03. The number of H-pyrrole nitrogens is 1. The van der Waals surface area contributed by atoms with E-state index in [1.54, 1.807) is 6.07 Å². The summed E-state index contributed by atoms with van der Waals surface area (Å²) in [6.07, 6.45) is 4.77. The Morgan fingerprint density at radius 2 is 2.00 bits per heavy atom. The Bertz CT molecular complexity index is 1140. The summed E-state index contributed by atoms with van der Waals surface area (Å²) in [5.74, 6) is -0.702. The molecule has 0 saturated heterocycles. The lowest BCUT2D eigenvalue weighted by molar-refractivity contribution is 0.0997. The highest BCUT2D eigenvalue weighted by Crippen LogP contribution is 2.37. The van der Waals surface area contributed by atoms with Crippen molar-refractivity contribution in [1.82, 2.24) is 9.97 Å². The number of amides is 1. The van der Waals surface area contributed by atoms with Gasteiger partial charge in [0.05, 0.1) is 10.9 Å². The summed E-state index contributed by atoms with van der Waals surface area (Å²) in [4.78, 5) is 31.6. The number of hydrogen-bond donors (Lipinski definition) is 2. The molecule has 3 aromatic rings. The molecular formula is C22H23N3O2. The maximum Gasteiger partial charge on any atom is 0.268 e. The molecule has 3 N–H and O–H groups in total. The van der Waals surface area contributed by atoms with E-state index < -0.39 is 5.91 Å². The molecule has 4 rings (SSSR count). The summed E-state index contributed by atoms with van der Waals surface area (Å²) >= 11 is 0. The Labute approximate surface area is 157 Å². The maximum atomic E-state index is 12.7. The Morgan fingerprint density at radius 3 is 2.74 bits per heavy atom. The molecule has 1 aliphatic carbocycles. The van der Waals surface area contributed by atoms with Crippen molar-refractivity contribution in [1.29, 1.82) is 0 Å². The van der Waals surface area contributed by atoms with Gasteiger partial charge < -0.3 is 10.7 Å². The van der Waals surface area contributed by atoms with E-state index in [4.69, 9.17) is 5.73 Å². The topological polar surface area (TPSA) is 88.8 Å². The molecule has 2 heterocycles. The van der Waals surface area contributed by atoms with Crippen LogP contribution in [0.5, 0.6) is 0 Å². The molecule has 0 bridgehead atoms. The summed E-state index contributed by atoms with van der Waals surface area (Å²) in [5, 5.41) is 0.242. The number of nitrogens with one attached hydrogen (secondary N) is 1. The number of primary amides is 1. The van der Waals surface area contributed by atoms with E-state index in [0.717, 1.165) is 36.1 Å². The largest absolute Gasteiger partial charge is 0.364 e. The number of benzene rings is 1. The van der Waals surface area contributed by atoms with E-state index >= 15 is 0 Å². The van der Waals surface area contributed by atoms with Crippen molar-refractivity contribution < 1.29 is 4.79 Å². The van der Waals surface area contributed by atoms with Crippen molar-refractivity contribution in [3.8, 4) is 11.3 Å². The van der Waals surface area contributed by atoms with Gasteiger partial charge in [0.2, 0.25) is 0 Å². The normalized spacial score (nSPS) is 15.5. The third-order valence-corrected chi connectivity index (χ3v) is 5.55. The van der Waals surface area contributed by atoms with Crippen LogP contribution >= 0.6 is 0 Å². The van der Waals surface area contributed by atoms with Crippen molar-refractivity contribution >= 4 is 16.8 Å². The minimum atomic E-state index is -0.702. The number of hydrogen-bond acceptors (Lipinski definition) is 3. The van der Waals surface area contributed by atoms with E-state index in [9.17, 15) is 9.59 Å². The van der Waals surface area contributed by atoms with Crippen LogP contribution in [-0.4, -0.2) is 15.9 Å². The highest BCUT2D eigenvalue weighted by atomic mass is 16.1. The fraction of sp³-hybridized carbons (Fsp3) is 0.318. The smallest absolute Gasteiger partial charge is 0.268 e. The lowest BCUT2D eigenvalue weighted by atomic mass is 9.73. The van der Waals surface area contributed by atoms with Crippen LogP contribution < -0.4 is 11.2 Å². The number of rotatable bonds is 2. The summed E-state index contributed by atoms with van der Waals surface area (Å²) < 4.78 is 0. The van der Waals surface area contributed by atoms with Gasteiger partial charge in [0.25, 0.3) is 5.91 Å². The average Bonchev–Trinajstić information content (AvgIpc) is 2.59. The predicted octanol–water partition coefficient (Wildman–Crippen LogP) is 3.51. The molecule has 0 unspecified atom stereocenters. The van der Waals surface area contributed by atoms with E-state index in [1.807, 2.05) is 0 Å². The number of aromatic nitrogens is 2. The van der Waals surface area contributed by atoms with E-state index in [1.165, 1.54) is 23.4 Å². The van der Waals surface area contributed by atoms with Crippen LogP contribution in [0.25, 0.3) is 22.2 Å². The van der Waals surface area contributed by atoms with E-state index in [2.05, 4.69) is 42.9 Å². The Morgan fingerprint density at radius 1 is 1.22 bits per heavy atom. The second kappa shape index (κ2) is 6.05. The molecule has 5 nitrogen and oxygen atoms in total. The molecule has 0 aliphatic heterocycles. The summed E-state index contributed by atoms with van der Waals surface area (Å²) in [7, 11) is 0. The van der Waals surface area contributed by atoms with Gasteiger partial charge in [0.15, 0.2) is 5.43 Å². The first-order chi connectivity index (χ1) is 12.7. The Hall–Kier alpha value is -2.95. The van der Waals surface area contributed by atoms with Crippen LogP contribution in [0.3, 0.4) is 0 Å². The second-order valence-electron chi connectivity index (χ2n) is 8.27. The number of nitrogens with two attached hydrogens (primary N) is 1. The predicted molar refractivity (Wildman–Crippen MR) is 107 cm³/mol. The van der Waals surface area contributed by atoms with Gasteiger partial charge >= 0.3 is 0 Å². The Kier molecular flexibility index (Phi) is 3.91. The molecule has 0 fully saturated rings. The van der Waals surface area contributed by atoms with Crippen molar-refractivity contribution in [2.24, 2.45) is 11.1 Å². The van der Waals surface area contributed by atoms with E-state index in [-0.39, 0.29) is 16.5 Å². The SMILES string of the molecule is Cc1cc2c(cc1-c1cc(=O)c3c(C(N)=O)nccc3[nH]1)CCC(C)(C)C2. The number of pyridine rings is 2. The molecule has 138 valence electrons. The first-order valence-electron chi connectivity index (χ1n) is 9.20. The molecule has 2 aromatic heterocycles. The molecule has 0 atom stereocenters. The van der Waals surface area contributed by atoms with Gasteiger partial charge in [-0.05, 0) is 60.4 Å². The molecule has 1 amide bonds. The van der Waals surface area contributed by atoms with Crippen LogP contribution in [0, 0.1) is 12.3 Å². The minimum Gasteiger partial charge on any atom is -0.364 e. The number of aromatic amines is 1. The Balaban J connectivity index is 1.89. The third-order valence-electron chi connectivity index (χ3n) is 5.55. The first-order valence-corrected chi connectivity index (χ1v) is 9.20. The third kappa shape index (κ3) is 3.03. The van der Waals surface area contributed by atoms with Crippen LogP contribution in [0.1, 0.15) is 47.4 Å². The number of carbonyl (C=O) groups is 1. The minimum absolute atomic E-state index is 0.00435. The molecule has 1 aromatic carbocycles. The zero-order chi connectivity index (χ0) is 19.3. The van der Waals surface area contributed by atoms with Gasteiger partial charge in [-0.1, -0.05) is 19.9 Å². The van der Waals surface area contributed by atoms with Crippen LogP contribution in [0.4, 0.5) is 0 Å². The average molecular weight is 361 g/mol. The molecule has 0 saturated carbocycles. The lowest BCUT2D eigenvalue weighted by Gasteiger charge is -2.32. The van der Waals surface area contributed by atoms with Gasteiger partial charge in [-0.3, -0.25) is 14.6 Å². The summed E-state index contributed by atoms with van der Waals surface area (Å²) in [6.45, 7) is 6.69.